The molecule has 0 amide bonds. The molecule has 0 fully saturated rings. The van der Waals surface area contributed by atoms with Gasteiger partial charge in [0.2, 0.25) is 0 Å². The molecule has 0 saturated heterocycles. The summed E-state index contributed by atoms with van der Waals surface area (Å²) in [5.41, 5.74) is 5.66. The Kier molecular flexibility index (Phi) is 3.71. The molecule has 20 heavy (non-hydrogen) atoms. The molecular formula is C17H20N2O. The molecule has 1 aromatic carbocycles. The lowest BCUT2D eigenvalue weighted by atomic mass is 9.83. The number of carbonyl (C=O) groups excluding carboxylic acids is 1. The van der Waals surface area contributed by atoms with Crippen LogP contribution in [0.5, 0.6) is 0 Å². The third-order valence-electron chi connectivity index (χ3n) is 3.43. The van der Waals surface area contributed by atoms with E-state index in [1.807, 2.05) is 6.07 Å². The SMILES string of the molecule is Cc1cc(C(C)(C)C)cc(C)c1-c1ccnc(C=O)n1. The Balaban J connectivity index is 2.60. The summed E-state index contributed by atoms with van der Waals surface area (Å²) in [6.07, 6.45) is 2.31. The van der Waals surface area contributed by atoms with E-state index in [1.165, 1.54) is 16.7 Å². The summed E-state index contributed by atoms with van der Waals surface area (Å²) in [4.78, 5) is 19.0. The van der Waals surface area contributed by atoms with Gasteiger partial charge < -0.3 is 0 Å². The number of benzene rings is 1. The molecule has 0 unspecified atom stereocenters. The van der Waals surface area contributed by atoms with Gasteiger partial charge in [-0.05, 0) is 42.0 Å². The minimum Gasteiger partial charge on any atom is -0.294 e. The lowest BCUT2D eigenvalue weighted by molar-refractivity contribution is 0.111. The molecule has 0 spiro atoms. The highest BCUT2D eigenvalue weighted by molar-refractivity contribution is 5.73. The van der Waals surface area contributed by atoms with Gasteiger partial charge >= 0.3 is 0 Å². The molecular weight excluding hydrogens is 248 g/mol. The van der Waals surface area contributed by atoms with E-state index in [9.17, 15) is 4.79 Å². The number of rotatable bonds is 2. The Morgan fingerprint density at radius 2 is 1.70 bits per heavy atom. The van der Waals surface area contributed by atoms with Crippen LogP contribution < -0.4 is 0 Å². The first-order valence-corrected chi connectivity index (χ1v) is 6.73. The minimum atomic E-state index is 0.119. The monoisotopic (exact) mass is 268 g/mol. The third-order valence-corrected chi connectivity index (χ3v) is 3.43. The average molecular weight is 268 g/mol. The second kappa shape index (κ2) is 5.16. The summed E-state index contributed by atoms with van der Waals surface area (Å²) in [5.74, 6) is 0.223. The van der Waals surface area contributed by atoms with Crippen molar-refractivity contribution in [3.63, 3.8) is 0 Å². The van der Waals surface area contributed by atoms with Crippen molar-refractivity contribution in [1.82, 2.24) is 9.97 Å². The van der Waals surface area contributed by atoms with Crippen LogP contribution in [0, 0.1) is 13.8 Å². The van der Waals surface area contributed by atoms with Gasteiger partial charge in [0.1, 0.15) is 0 Å². The van der Waals surface area contributed by atoms with Gasteiger partial charge in [0.05, 0.1) is 5.69 Å². The van der Waals surface area contributed by atoms with Gasteiger partial charge in [-0.1, -0.05) is 32.9 Å². The maximum Gasteiger partial charge on any atom is 0.193 e. The Morgan fingerprint density at radius 3 is 2.20 bits per heavy atom. The zero-order valence-electron chi connectivity index (χ0n) is 12.7. The van der Waals surface area contributed by atoms with Crippen molar-refractivity contribution in [3.8, 4) is 11.3 Å². The predicted molar refractivity (Wildman–Crippen MR) is 81.0 cm³/mol. The number of aldehydes is 1. The van der Waals surface area contributed by atoms with E-state index in [0.29, 0.717) is 6.29 Å². The lowest BCUT2D eigenvalue weighted by Crippen LogP contribution is -2.12. The fourth-order valence-corrected chi connectivity index (χ4v) is 2.37. The summed E-state index contributed by atoms with van der Waals surface area (Å²) >= 11 is 0. The van der Waals surface area contributed by atoms with Gasteiger partial charge in [0.15, 0.2) is 12.1 Å². The van der Waals surface area contributed by atoms with Crippen LogP contribution in [0.3, 0.4) is 0 Å². The zero-order valence-corrected chi connectivity index (χ0v) is 12.7. The third kappa shape index (κ3) is 2.77. The molecule has 104 valence electrons. The Hall–Kier alpha value is -2.03. The van der Waals surface area contributed by atoms with Crippen molar-refractivity contribution in [1.29, 1.82) is 0 Å². The normalized spacial score (nSPS) is 11.4. The molecule has 0 N–H and O–H groups in total. The number of hydrogen-bond donors (Lipinski definition) is 0. The van der Waals surface area contributed by atoms with Crippen molar-refractivity contribution in [2.45, 2.75) is 40.0 Å². The largest absolute Gasteiger partial charge is 0.294 e. The highest BCUT2D eigenvalue weighted by Gasteiger charge is 2.17. The Morgan fingerprint density at radius 1 is 1.10 bits per heavy atom. The van der Waals surface area contributed by atoms with E-state index in [2.05, 4.69) is 56.7 Å². The molecule has 0 saturated carbocycles. The molecule has 3 heteroatoms. The molecule has 1 aromatic heterocycles. The highest BCUT2D eigenvalue weighted by Crippen LogP contribution is 2.31. The summed E-state index contributed by atoms with van der Waals surface area (Å²) in [5, 5.41) is 0. The van der Waals surface area contributed by atoms with Crippen molar-refractivity contribution < 1.29 is 4.79 Å². The van der Waals surface area contributed by atoms with Crippen LogP contribution in [0.2, 0.25) is 0 Å². The van der Waals surface area contributed by atoms with Crippen LogP contribution in [0.1, 0.15) is 48.1 Å². The van der Waals surface area contributed by atoms with Crippen LogP contribution in [0.25, 0.3) is 11.3 Å². The number of aromatic nitrogens is 2. The highest BCUT2D eigenvalue weighted by atomic mass is 16.1. The average Bonchev–Trinajstić information content (AvgIpc) is 2.37. The van der Waals surface area contributed by atoms with E-state index in [4.69, 9.17) is 0 Å². The number of aryl methyl sites for hydroxylation is 2. The molecule has 1 heterocycles. The van der Waals surface area contributed by atoms with Crippen LogP contribution in [0.15, 0.2) is 24.4 Å². The topological polar surface area (TPSA) is 42.9 Å². The molecule has 2 rings (SSSR count). The summed E-state index contributed by atoms with van der Waals surface area (Å²) in [6.45, 7) is 10.8. The van der Waals surface area contributed by atoms with E-state index in [-0.39, 0.29) is 11.2 Å². The van der Waals surface area contributed by atoms with Crippen molar-refractivity contribution >= 4 is 6.29 Å². The number of carbonyl (C=O) groups is 1. The second-order valence-electron chi connectivity index (χ2n) is 6.15. The first-order chi connectivity index (χ1) is 9.32. The standard InChI is InChI=1S/C17H20N2O/c1-11-8-13(17(3,4)5)9-12(2)16(11)14-6-7-18-15(10-20)19-14/h6-10H,1-5H3. The summed E-state index contributed by atoms with van der Waals surface area (Å²) in [7, 11) is 0. The molecule has 0 atom stereocenters. The van der Waals surface area contributed by atoms with Crippen LogP contribution in [0.4, 0.5) is 0 Å². The fourth-order valence-electron chi connectivity index (χ4n) is 2.37. The van der Waals surface area contributed by atoms with Gasteiger partial charge in [-0.2, -0.15) is 0 Å². The molecule has 0 radical (unpaired) electrons. The molecule has 0 aliphatic carbocycles. The van der Waals surface area contributed by atoms with Crippen molar-refractivity contribution in [2.75, 3.05) is 0 Å². The first kappa shape index (κ1) is 14.4. The fraction of sp³-hybridized carbons (Fsp3) is 0.353. The predicted octanol–water partition coefficient (Wildman–Crippen LogP) is 3.87. The van der Waals surface area contributed by atoms with Crippen LogP contribution >= 0.6 is 0 Å². The van der Waals surface area contributed by atoms with E-state index >= 15 is 0 Å². The van der Waals surface area contributed by atoms with Crippen molar-refractivity contribution in [2.24, 2.45) is 0 Å². The summed E-state index contributed by atoms with van der Waals surface area (Å²) in [6, 6.07) is 6.25. The van der Waals surface area contributed by atoms with Gasteiger partial charge in [0.25, 0.3) is 0 Å². The number of nitrogens with zero attached hydrogens (tertiary/aromatic N) is 2. The maximum absolute atomic E-state index is 10.8. The zero-order chi connectivity index (χ0) is 14.9. The Labute approximate surface area is 120 Å². The van der Waals surface area contributed by atoms with Crippen LogP contribution in [-0.4, -0.2) is 16.3 Å². The smallest absolute Gasteiger partial charge is 0.193 e. The minimum absolute atomic E-state index is 0.119. The lowest BCUT2D eigenvalue weighted by Gasteiger charge is -2.22. The van der Waals surface area contributed by atoms with Crippen molar-refractivity contribution in [3.05, 3.63) is 46.9 Å². The summed E-state index contributed by atoms with van der Waals surface area (Å²) < 4.78 is 0. The molecule has 0 bridgehead atoms. The van der Waals surface area contributed by atoms with Gasteiger partial charge in [-0.3, -0.25) is 4.79 Å². The second-order valence-corrected chi connectivity index (χ2v) is 6.15. The maximum atomic E-state index is 10.8. The van der Waals surface area contributed by atoms with E-state index in [1.54, 1.807) is 6.20 Å². The molecule has 3 nitrogen and oxygen atoms in total. The van der Waals surface area contributed by atoms with E-state index < -0.39 is 0 Å². The van der Waals surface area contributed by atoms with Crippen LogP contribution in [-0.2, 0) is 5.41 Å². The molecule has 0 aliphatic rings. The first-order valence-electron chi connectivity index (χ1n) is 6.73. The quantitative estimate of drug-likeness (QED) is 0.776. The van der Waals surface area contributed by atoms with Gasteiger partial charge in [-0.15, -0.1) is 0 Å². The Bertz CT molecular complexity index is 631. The molecule has 2 aromatic rings. The molecule has 0 aliphatic heterocycles. The van der Waals surface area contributed by atoms with E-state index in [0.717, 1.165) is 11.3 Å². The van der Waals surface area contributed by atoms with Gasteiger partial charge in [0, 0.05) is 11.8 Å². The number of hydrogen-bond acceptors (Lipinski definition) is 3. The van der Waals surface area contributed by atoms with Gasteiger partial charge in [-0.25, -0.2) is 9.97 Å².